The van der Waals surface area contributed by atoms with Gasteiger partial charge in [0.15, 0.2) is 0 Å². The number of halogens is 1. The van der Waals surface area contributed by atoms with Crippen LogP contribution in [0.1, 0.15) is 32.0 Å². The van der Waals surface area contributed by atoms with Crippen molar-refractivity contribution in [3.8, 4) is 6.07 Å². The van der Waals surface area contributed by atoms with E-state index < -0.39 is 0 Å². The molecule has 0 aliphatic carbocycles. The molecule has 0 aliphatic heterocycles. The Hall–Kier alpha value is -2.06. The molecule has 0 spiro atoms. The van der Waals surface area contributed by atoms with Crippen molar-refractivity contribution < 1.29 is 0 Å². The van der Waals surface area contributed by atoms with Gasteiger partial charge < -0.3 is 5.32 Å². The minimum atomic E-state index is -0.0936. The second-order valence-electron chi connectivity index (χ2n) is 5.49. The topological polar surface area (TPSA) is 66.5 Å². The van der Waals surface area contributed by atoms with Crippen molar-refractivity contribution in [3.63, 3.8) is 0 Å². The Kier molecular flexibility index (Phi) is 3.96. The standard InChI is InChI=1S/C14H16ClN5/c1-14(2,3)20-9-11(18-19-20)8-17-13-6-10(7-16)4-5-12(13)15/h4-6,9,17H,8H2,1-3H3. The zero-order chi connectivity index (χ0) is 14.8. The second kappa shape index (κ2) is 5.51. The highest BCUT2D eigenvalue weighted by molar-refractivity contribution is 6.33. The van der Waals surface area contributed by atoms with Gasteiger partial charge in [-0.25, -0.2) is 4.68 Å². The number of nitrogens with one attached hydrogen (secondary N) is 1. The second-order valence-corrected chi connectivity index (χ2v) is 5.89. The zero-order valence-corrected chi connectivity index (χ0v) is 12.4. The highest BCUT2D eigenvalue weighted by Crippen LogP contribution is 2.23. The first-order chi connectivity index (χ1) is 9.40. The molecule has 0 radical (unpaired) electrons. The van der Waals surface area contributed by atoms with Crippen molar-refractivity contribution in [2.24, 2.45) is 0 Å². The maximum atomic E-state index is 8.88. The van der Waals surface area contributed by atoms with Gasteiger partial charge in [-0.05, 0) is 39.0 Å². The summed E-state index contributed by atoms with van der Waals surface area (Å²) in [6, 6.07) is 7.19. The molecule has 0 saturated carbocycles. The molecule has 1 aromatic heterocycles. The van der Waals surface area contributed by atoms with E-state index in [9.17, 15) is 0 Å². The lowest BCUT2D eigenvalue weighted by Gasteiger charge is -2.17. The van der Waals surface area contributed by atoms with Crippen LogP contribution in [0.5, 0.6) is 0 Å². The largest absolute Gasteiger partial charge is 0.378 e. The van der Waals surface area contributed by atoms with Crippen LogP contribution < -0.4 is 5.32 Å². The Morgan fingerprint density at radius 1 is 1.40 bits per heavy atom. The summed E-state index contributed by atoms with van der Waals surface area (Å²) in [6.45, 7) is 6.69. The van der Waals surface area contributed by atoms with E-state index in [-0.39, 0.29) is 5.54 Å². The molecular formula is C14H16ClN5. The van der Waals surface area contributed by atoms with E-state index in [0.717, 1.165) is 11.4 Å². The van der Waals surface area contributed by atoms with Crippen LogP contribution in [0.25, 0.3) is 0 Å². The third kappa shape index (κ3) is 3.28. The van der Waals surface area contributed by atoms with Crippen LogP contribution >= 0.6 is 11.6 Å². The van der Waals surface area contributed by atoms with Gasteiger partial charge in [0, 0.05) is 0 Å². The molecule has 2 rings (SSSR count). The molecule has 1 aromatic carbocycles. The van der Waals surface area contributed by atoms with Crippen molar-refractivity contribution in [3.05, 3.63) is 40.7 Å². The van der Waals surface area contributed by atoms with E-state index in [0.29, 0.717) is 17.1 Å². The molecule has 0 saturated heterocycles. The summed E-state index contributed by atoms with van der Waals surface area (Å²) >= 11 is 6.08. The average Bonchev–Trinajstić information content (AvgIpc) is 2.86. The van der Waals surface area contributed by atoms with Gasteiger partial charge in [0.25, 0.3) is 0 Å². The first-order valence-electron chi connectivity index (χ1n) is 6.25. The van der Waals surface area contributed by atoms with Crippen molar-refractivity contribution in [1.29, 1.82) is 5.26 Å². The normalized spacial score (nSPS) is 11.2. The van der Waals surface area contributed by atoms with Crippen molar-refractivity contribution >= 4 is 17.3 Å². The van der Waals surface area contributed by atoms with E-state index in [4.69, 9.17) is 16.9 Å². The third-order valence-corrected chi connectivity index (χ3v) is 3.11. The van der Waals surface area contributed by atoms with Crippen LogP contribution in [0.15, 0.2) is 24.4 Å². The lowest BCUT2D eigenvalue weighted by molar-refractivity contribution is 0.347. The summed E-state index contributed by atoms with van der Waals surface area (Å²) in [7, 11) is 0. The number of hydrogen-bond acceptors (Lipinski definition) is 4. The summed E-state index contributed by atoms with van der Waals surface area (Å²) in [6.07, 6.45) is 1.90. The molecule has 2 aromatic rings. The van der Waals surface area contributed by atoms with E-state index >= 15 is 0 Å². The molecule has 0 bridgehead atoms. The fourth-order valence-electron chi connectivity index (χ4n) is 1.62. The van der Waals surface area contributed by atoms with Crippen LogP contribution in [0.3, 0.4) is 0 Å². The summed E-state index contributed by atoms with van der Waals surface area (Å²) in [4.78, 5) is 0. The quantitative estimate of drug-likeness (QED) is 0.942. The van der Waals surface area contributed by atoms with E-state index in [1.807, 2.05) is 10.9 Å². The van der Waals surface area contributed by atoms with Crippen LogP contribution in [0, 0.1) is 11.3 Å². The van der Waals surface area contributed by atoms with Crippen molar-refractivity contribution in [2.45, 2.75) is 32.9 Å². The predicted molar refractivity (Wildman–Crippen MR) is 78.5 cm³/mol. The van der Waals surface area contributed by atoms with Crippen molar-refractivity contribution in [2.75, 3.05) is 5.32 Å². The number of anilines is 1. The lowest BCUT2D eigenvalue weighted by atomic mass is 10.1. The molecule has 0 amide bonds. The summed E-state index contributed by atoms with van der Waals surface area (Å²) in [5.74, 6) is 0. The molecule has 20 heavy (non-hydrogen) atoms. The molecule has 1 N–H and O–H groups in total. The maximum Gasteiger partial charge on any atom is 0.102 e. The van der Waals surface area contributed by atoms with E-state index in [1.54, 1.807) is 18.2 Å². The highest BCUT2D eigenvalue weighted by atomic mass is 35.5. The smallest absolute Gasteiger partial charge is 0.102 e. The maximum absolute atomic E-state index is 8.88. The van der Waals surface area contributed by atoms with Gasteiger partial charge in [0.05, 0.1) is 40.6 Å². The van der Waals surface area contributed by atoms with E-state index in [1.165, 1.54) is 0 Å². The van der Waals surface area contributed by atoms with Gasteiger partial charge in [0.2, 0.25) is 0 Å². The van der Waals surface area contributed by atoms with Gasteiger partial charge in [-0.1, -0.05) is 16.8 Å². The van der Waals surface area contributed by atoms with Gasteiger partial charge >= 0.3 is 0 Å². The number of nitriles is 1. The Bertz CT molecular complexity index is 648. The van der Waals surface area contributed by atoms with Gasteiger partial charge in [0.1, 0.15) is 5.69 Å². The minimum absolute atomic E-state index is 0.0936. The lowest BCUT2D eigenvalue weighted by Crippen LogP contribution is -2.22. The Morgan fingerprint density at radius 3 is 2.75 bits per heavy atom. The molecule has 0 unspecified atom stereocenters. The monoisotopic (exact) mass is 289 g/mol. The molecule has 0 atom stereocenters. The van der Waals surface area contributed by atoms with E-state index in [2.05, 4.69) is 42.5 Å². The number of nitrogens with zero attached hydrogens (tertiary/aromatic N) is 4. The van der Waals surface area contributed by atoms with Crippen LogP contribution in [0.2, 0.25) is 5.02 Å². The summed E-state index contributed by atoms with van der Waals surface area (Å²) in [5.41, 5.74) is 2.01. The van der Waals surface area contributed by atoms with Gasteiger partial charge in [-0.3, -0.25) is 0 Å². The van der Waals surface area contributed by atoms with Crippen LogP contribution in [-0.2, 0) is 12.1 Å². The summed E-state index contributed by atoms with van der Waals surface area (Å²) < 4.78 is 1.82. The first-order valence-corrected chi connectivity index (χ1v) is 6.63. The minimum Gasteiger partial charge on any atom is -0.378 e. The zero-order valence-electron chi connectivity index (χ0n) is 11.7. The summed E-state index contributed by atoms with van der Waals surface area (Å²) in [5, 5.41) is 20.8. The van der Waals surface area contributed by atoms with Gasteiger partial charge in [-0.2, -0.15) is 5.26 Å². The molecule has 104 valence electrons. The SMILES string of the molecule is CC(C)(C)n1cc(CNc2cc(C#N)ccc2Cl)nn1. The van der Waals surface area contributed by atoms with Gasteiger partial charge in [-0.15, -0.1) is 5.10 Å². The molecular weight excluding hydrogens is 274 g/mol. The fourth-order valence-corrected chi connectivity index (χ4v) is 1.81. The Morgan fingerprint density at radius 2 is 2.15 bits per heavy atom. The number of rotatable bonds is 3. The number of benzene rings is 1. The predicted octanol–water partition coefficient (Wildman–Crippen LogP) is 3.17. The first kappa shape index (κ1) is 14.4. The Balaban J connectivity index is 2.09. The van der Waals surface area contributed by atoms with Crippen molar-refractivity contribution in [1.82, 2.24) is 15.0 Å². The Labute approximate surface area is 123 Å². The van der Waals surface area contributed by atoms with Crippen LogP contribution in [0.4, 0.5) is 5.69 Å². The third-order valence-electron chi connectivity index (χ3n) is 2.78. The molecule has 0 aliphatic rings. The fraction of sp³-hybridized carbons (Fsp3) is 0.357. The molecule has 6 heteroatoms. The average molecular weight is 290 g/mol. The number of aromatic nitrogens is 3. The number of hydrogen-bond donors (Lipinski definition) is 1. The highest BCUT2D eigenvalue weighted by Gasteiger charge is 2.15. The molecule has 1 heterocycles. The van der Waals surface area contributed by atoms with Crippen LogP contribution in [-0.4, -0.2) is 15.0 Å². The molecule has 0 fully saturated rings. The molecule has 5 nitrogen and oxygen atoms in total.